The fourth-order valence-electron chi connectivity index (χ4n) is 1.32. The van der Waals surface area contributed by atoms with E-state index in [1.165, 1.54) is 12.0 Å². The van der Waals surface area contributed by atoms with Crippen LogP contribution in [0.1, 0.15) is 0 Å². The maximum atomic E-state index is 11.7. The summed E-state index contributed by atoms with van der Waals surface area (Å²) in [5, 5.41) is 13.4. The third-order valence-corrected chi connectivity index (χ3v) is 2.13. The molecular weight excluding hydrogens is 210 g/mol. The molecule has 1 rings (SSSR count). The minimum absolute atomic E-state index is 0.0983. The SMILES string of the molecule is COCC(O)CN(C)C(=O)Cn1cccn1. The zero-order chi connectivity index (χ0) is 12.0. The Morgan fingerprint density at radius 1 is 1.69 bits per heavy atom. The number of nitrogens with zero attached hydrogens (tertiary/aromatic N) is 3. The van der Waals surface area contributed by atoms with Gasteiger partial charge in [-0.05, 0) is 6.07 Å². The Morgan fingerprint density at radius 3 is 3.00 bits per heavy atom. The second-order valence-corrected chi connectivity index (χ2v) is 3.59. The van der Waals surface area contributed by atoms with Crippen molar-refractivity contribution in [2.24, 2.45) is 0 Å². The molecular formula is C10H17N3O3. The number of amides is 1. The summed E-state index contributed by atoms with van der Waals surface area (Å²) in [6.07, 6.45) is 2.68. The number of likely N-dealkylation sites (N-methyl/N-ethyl adjacent to an activating group) is 1. The minimum atomic E-state index is -0.656. The van der Waals surface area contributed by atoms with Gasteiger partial charge in [-0.1, -0.05) is 0 Å². The number of carbonyl (C=O) groups excluding carboxylic acids is 1. The third kappa shape index (κ3) is 4.00. The zero-order valence-corrected chi connectivity index (χ0v) is 9.54. The van der Waals surface area contributed by atoms with Gasteiger partial charge in [0.25, 0.3) is 0 Å². The number of carbonyl (C=O) groups is 1. The van der Waals surface area contributed by atoms with Crippen molar-refractivity contribution in [1.82, 2.24) is 14.7 Å². The summed E-state index contributed by atoms with van der Waals surface area (Å²) in [7, 11) is 3.15. The predicted molar refractivity (Wildman–Crippen MR) is 57.7 cm³/mol. The number of hydrogen-bond acceptors (Lipinski definition) is 4. The van der Waals surface area contributed by atoms with Crippen LogP contribution >= 0.6 is 0 Å². The molecule has 0 aromatic carbocycles. The van der Waals surface area contributed by atoms with Crippen molar-refractivity contribution < 1.29 is 14.6 Å². The van der Waals surface area contributed by atoms with Crippen LogP contribution in [0.5, 0.6) is 0 Å². The van der Waals surface area contributed by atoms with Crippen molar-refractivity contribution in [1.29, 1.82) is 0 Å². The van der Waals surface area contributed by atoms with Crippen LogP contribution in [0.25, 0.3) is 0 Å². The van der Waals surface area contributed by atoms with Gasteiger partial charge in [0.15, 0.2) is 0 Å². The minimum Gasteiger partial charge on any atom is -0.389 e. The monoisotopic (exact) mass is 227 g/mol. The molecule has 16 heavy (non-hydrogen) atoms. The van der Waals surface area contributed by atoms with E-state index in [1.54, 1.807) is 30.2 Å². The van der Waals surface area contributed by atoms with Crippen molar-refractivity contribution in [3.05, 3.63) is 18.5 Å². The van der Waals surface area contributed by atoms with Crippen LogP contribution < -0.4 is 0 Å². The largest absolute Gasteiger partial charge is 0.389 e. The quantitative estimate of drug-likeness (QED) is 0.701. The lowest BCUT2D eigenvalue weighted by molar-refractivity contribution is -0.132. The second kappa shape index (κ2) is 6.24. The van der Waals surface area contributed by atoms with Crippen molar-refractivity contribution in [3.8, 4) is 0 Å². The van der Waals surface area contributed by atoms with E-state index in [-0.39, 0.29) is 25.6 Å². The van der Waals surface area contributed by atoms with E-state index >= 15 is 0 Å². The Hall–Kier alpha value is -1.40. The Bertz CT molecular complexity index is 313. The number of methoxy groups -OCH3 is 1. The van der Waals surface area contributed by atoms with Crippen LogP contribution in [-0.2, 0) is 16.1 Å². The van der Waals surface area contributed by atoms with E-state index in [2.05, 4.69) is 5.10 Å². The van der Waals surface area contributed by atoms with Gasteiger partial charge < -0.3 is 14.7 Å². The molecule has 6 nitrogen and oxygen atoms in total. The van der Waals surface area contributed by atoms with Gasteiger partial charge in [0.1, 0.15) is 6.54 Å². The van der Waals surface area contributed by atoms with E-state index in [1.807, 2.05) is 0 Å². The highest BCUT2D eigenvalue weighted by Gasteiger charge is 2.13. The molecule has 0 saturated carbocycles. The van der Waals surface area contributed by atoms with Crippen LogP contribution in [0.15, 0.2) is 18.5 Å². The van der Waals surface area contributed by atoms with E-state index < -0.39 is 6.10 Å². The number of aromatic nitrogens is 2. The molecule has 1 atom stereocenters. The van der Waals surface area contributed by atoms with Crippen molar-refractivity contribution >= 4 is 5.91 Å². The van der Waals surface area contributed by atoms with Gasteiger partial charge in [0, 0.05) is 33.1 Å². The summed E-state index contributed by atoms with van der Waals surface area (Å²) in [4.78, 5) is 13.1. The number of aliphatic hydroxyl groups excluding tert-OH is 1. The molecule has 0 aliphatic heterocycles. The molecule has 0 spiro atoms. The van der Waals surface area contributed by atoms with Gasteiger partial charge in [0.05, 0.1) is 12.7 Å². The van der Waals surface area contributed by atoms with E-state index in [0.717, 1.165) is 0 Å². The van der Waals surface area contributed by atoms with Crippen molar-refractivity contribution in [3.63, 3.8) is 0 Å². The maximum absolute atomic E-state index is 11.7. The lowest BCUT2D eigenvalue weighted by Crippen LogP contribution is -2.38. The van der Waals surface area contributed by atoms with Crippen molar-refractivity contribution in [2.45, 2.75) is 12.6 Å². The molecule has 1 aromatic rings. The maximum Gasteiger partial charge on any atom is 0.244 e. The zero-order valence-electron chi connectivity index (χ0n) is 9.54. The van der Waals surface area contributed by atoms with Crippen molar-refractivity contribution in [2.75, 3.05) is 27.3 Å². The molecule has 0 aliphatic rings. The summed E-state index contributed by atoms with van der Waals surface area (Å²) in [5.41, 5.74) is 0. The molecule has 1 N–H and O–H groups in total. The summed E-state index contributed by atoms with van der Waals surface area (Å²) >= 11 is 0. The van der Waals surface area contributed by atoms with Gasteiger partial charge in [-0.2, -0.15) is 5.10 Å². The summed E-state index contributed by atoms with van der Waals surface area (Å²) < 4.78 is 6.33. The summed E-state index contributed by atoms with van der Waals surface area (Å²) in [5.74, 6) is -0.0983. The van der Waals surface area contributed by atoms with Gasteiger partial charge >= 0.3 is 0 Å². The molecule has 0 fully saturated rings. The molecule has 90 valence electrons. The molecule has 0 saturated heterocycles. The highest BCUT2D eigenvalue weighted by Crippen LogP contribution is 1.94. The first-order valence-electron chi connectivity index (χ1n) is 5.02. The van der Waals surface area contributed by atoms with Crippen LogP contribution in [0.3, 0.4) is 0 Å². The smallest absolute Gasteiger partial charge is 0.244 e. The predicted octanol–water partition coefficient (Wildman–Crippen LogP) is -0.651. The first kappa shape index (κ1) is 12.7. The average Bonchev–Trinajstić information content (AvgIpc) is 2.70. The molecule has 6 heteroatoms. The number of ether oxygens (including phenoxy) is 1. The lowest BCUT2D eigenvalue weighted by Gasteiger charge is -2.20. The van der Waals surface area contributed by atoms with E-state index in [0.29, 0.717) is 0 Å². The Balaban J connectivity index is 2.36. The first-order valence-corrected chi connectivity index (χ1v) is 5.02. The highest BCUT2D eigenvalue weighted by atomic mass is 16.5. The van der Waals surface area contributed by atoms with Gasteiger partial charge in [-0.25, -0.2) is 0 Å². The van der Waals surface area contributed by atoms with Crippen LogP contribution in [0.2, 0.25) is 0 Å². The molecule has 1 heterocycles. The Kier molecular flexibility index (Phi) is 4.94. The average molecular weight is 227 g/mol. The van der Waals surface area contributed by atoms with Crippen LogP contribution in [0, 0.1) is 0 Å². The Morgan fingerprint density at radius 2 is 2.44 bits per heavy atom. The second-order valence-electron chi connectivity index (χ2n) is 3.59. The van der Waals surface area contributed by atoms with E-state index in [9.17, 15) is 9.90 Å². The first-order chi connectivity index (χ1) is 7.63. The van der Waals surface area contributed by atoms with Gasteiger partial charge in [-0.15, -0.1) is 0 Å². The molecule has 0 aliphatic carbocycles. The van der Waals surface area contributed by atoms with Gasteiger partial charge in [-0.3, -0.25) is 9.48 Å². The standard InChI is InChI=1S/C10H17N3O3/c1-12(6-9(14)8-16-2)10(15)7-13-5-3-4-11-13/h3-5,9,14H,6-8H2,1-2H3. The summed E-state index contributed by atoms with van der Waals surface area (Å²) in [6, 6.07) is 1.76. The lowest BCUT2D eigenvalue weighted by atomic mass is 10.3. The molecule has 0 radical (unpaired) electrons. The fourth-order valence-corrected chi connectivity index (χ4v) is 1.32. The van der Waals surface area contributed by atoms with E-state index in [4.69, 9.17) is 4.74 Å². The Labute approximate surface area is 94.4 Å². The van der Waals surface area contributed by atoms with Crippen LogP contribution in [-0.4, -0.2) is 59.1 Å². The molecule has 1 aromatic heterocycles. The third-order valence-electron chi connectivity index (χ3n) is 2.13. The number of aliphatic hydroxyl groups is 1. The highest BCUT2D eigenvalue weighted by molar-refractivity contribution is 5.75. The summed E-state index contributed by atoms with van der Waals surface area (Å²) in [6.45, 7) is 0.663. The normalized spacial score (nSPS) is 12.4. The molecule has 0 bridgehead atoms. The van der Waals surface area contributed by atoms with Crippen LogP contribution in [0.4, 0.5) is 0 Å². The fraction of sp³-hybridized carbons (Fsp3) is 0.600. The van der Waals surface area contributed by atoms with Gasteiger partial charge in [0.2, 0.25) is 5.91 Å². The number of rotatable bonds is 6. The topological polar surface area (TPSA) is 67.6 Å². The molecule has 1 amide bonds. The molecule has 1 unspecified atom stereocenters. The number of hydrogen-bond donors (Lipinski definition) is 1.